The lowest BCUT2D eigenvalue weighted by atomic mass is 10.0. The van der Waals surface area contributed by atoms with Crippen LogP contribution in [-0.4, -0.2) is 55.4 Å². The number of pyridine rings is 1. The average molecular weight is 465 g/mol. The molecule has 0 aliphatic carbocycles. The van der Waals surface area contributed by atoms with Gasteiger partial charge in [-0.2, -0.15) is 5.26 Å². The molecule has 176 valence electrons. The Morgan fingerprint density at radius 2 is 1.91 bits per heavy atom. The highest BCUT2D eigenvalue weighted by Crippen LogP contribution is 2.33. The van der Waals surface area contributed by atoms with Crippen LogP contribution in [0.15, 0.2) is 42.7 Å². The van der Waals surface area contributed by atoms with E-state index in [4.69, 9.17) is 9.47 Å². The molecule has 0 unspecified atom stereocenters. The van der Waals surface area contributed by atoms with Crippen molar-refractivity contribution in [3.05, 3.63) is 48.3 Å². The molecule has 7 heteroatoms. The Bertz CT molecular complexity index is 1090. The van der Waals surface area contributed by atoms with E-state index in [9.17, 15) is 5.26 Å². The summed E-state index contributed by atoms with van der Waals surface area (Å²) in [7, 11) is -1.15. The summed E-state index contributed by atoms with van der Waals surface area (Å²) in [5.74, 6) is 0.831. The molecule has 1 aromatic carbocycles. The van der Waals surface area contributed by atoms with E-state index in [1.807, 2.05) is 35.0 Å². The molecule has 3 aromatic rings. The van der Waals surface area contributed by atoms with Crippen LogP contribution in [0.3, 0.4) is 0 Å². The maximum absolute atomic E-state index is 9.81. The normalized spacial score (nSPS) is 11.8. The lowest BCUT2D eigenvalue weighted by molar-refractivity contribution is 0.0898. The first-order valence-electron chi connectivity index (χ1n) is 11.8. The highest BCUT2D eigenvalue weighted by Gasteiger charge is 2.16. The molecule has 0 saturated heterocycles. The number of nitriles is 1. The molecule has 0 atom stereocenters. The molecule has 0 saturated carbocycles. The molecular weight excluding hydrogens is 428 g/mol. The number of likely N-dealkylation sites (N-methyl/N-ethyl adjacent to an activating group) is 1. The van der Waals surface area contributed by atoms with Crippen LogP contribution in [0.2, 0.25) is 25.7 Å². The van der Waals surface area contributed by atoms with Gasteiger partial charge in [-0.25, -0.2) is 4.98 Å². The molecule has 2 aromatic heterocycles. The van der Waals surface area contributed by atoms with Crippen LogP contribution < -0.4 is 4.74 Å². The summed E-state index contributed by atoms with van der Waals surface area (Å²) in [6.07, 6.45) is 3.64. The van der Waals surface area contributed by atoms with Crippen molar-refractivity contribution in [1.82, 2.24) is 14.5 Å². The summed E-state index contributed by atoms with van der Waals surface area (Å²) in [4.78, 5) is 6.91. The van der Waals surface area contributed by atoms with Gasteiger partial charge in [0.25, 0.3) is 0 Å². The third kappa shape index (κ3) is 6.67. The van der Waals surface area contributed by atoms with Gasteiger partial charge in [-0.1, -0.05) is 45.6 Å². The predicted octanol–water partition coefficient (Wildman–Crippen LogP) is 5.61. The zero-order chi connectivity index (χ0) is 23.8. The Hall–Kier alpha value is -2.66. The molecule has 0 bridgehead atoms. The van der Waals surface area contributed by atoms with Gasteiger partial charge in [0.15, 0.2) is 0 Å². The second kappa shape index (κ2) is 11.5. The van der Waals surface area contributed by atoms with Crippen molar-refractivity contribution in [1.29, 1.82) is 5.26 Å². The molecule has 33 heavy (non-hydrogen) atoms. The van der Waals surface area contributed by atoms with Gasteiger partial charge in [0, 0.05) is 39.0 Å². The van der Waals surface area contributed by atoms with Crippen molar-refractivity contribution in [2.75, 3.05) is 32.8 Å². The molecule has 2 heterocycles. The minimum atomic E-state index is -1.15. The van der Waals surface area contributed by atoms with Crippen LogP contribution >= 0.6 is 0 Å². The lowest BCUT2D eigenvalue weighted by Crippen LogP contribution is -2.27. The maximum atomic E-state index is 9.81. The number of fused-ring (bicyclic) bond motifs is 1. The Kier molecular flexibility index (Phi) is 8.67. The van der Waals surface area contributed by atoms with Gasteiger partial charge >= 0.3 is 0 Å². The first-order chi connectivity index (χ1) is 15.9. The van der Waals surface area contributed by atoms with Crippen LogP contribution in [0.25, 0.3) is 22.2 Å². The van der Waals surface area contributed by atoms with Gasteiger partial charge in [0.1, 0.15) is 30.8 Å². The fraction of sp³-hybridized carbons (Fsp3) is 0.462. The smallest absolute Gasteiger partial charge is 0.143 e. The lowest BCUT2D eigenvalue weighted by Gasteiger charge is -2.18. The molecule has 3 rings (SSSR count). The third-order valence-corrected chi connectivity index (χ3v) is 7.52. The van der Waals surface area contributed by atoms with Crippen LogP contribution in [0.4, 0.5) is 0 Å². The third-order valence-electron chi connectivity index (χ3n) is 5.82. The number of hydrogen-bond acceptors (Lipinski definition) is 5. The van der Waals surface area contributed by atoms with Gasteiger partial charge in [-0.05, 0) is 48.5 Å². The SMILES string of the molecule is CCN(CC)CCOc1cccc(-c2ccnc3c2c(C#N)cn3COCC[Si](C)(C)C)c1. The number of hydrogen-bond donors (Lipinski definition) is 0. The summed E-state index contributed by atoms with van der Waals surface area (Å²) in [5.41, 5.74) is 3.36. The number of nitrogens with zero attached hydrogens (tertiary/aromatic N) is 4. The monoisotopic (exact) mass is 464 g/mol. The number of benzene rings is 1. The summed E-state index contributed by atoms with van der Waals surface area (Å²) < 4.78 is 13.9. The maximum Gasteiger partial charge on any atom is 0.143 e. The average Bonchev–Trinajstić information content (AvgIpc) is 3.17. The van der Waals surface area contributed by atoms with E-state index in [2.05, 4.69) is 55.5 Å². The minimum Gasteiger partial charge on any atom is -0.492 e. The molecule has 0 amide bonds. The van der Waals surface area contributed by atoms with Crippen LogP contribution in [0, 0.1) is 11.3 Å². The van der Waals surface area contributed by atoms with E-state index >= 15 is 0 Å². The first-order valence-corrected chi connectivity index (χ1v) is 15.5. The van der Waals surface area contributed by atoms with Crippen molar-refractivity contribution in [3.8, 4) is 22.9 Å². The van der Waals surface area contributed by atoms with Gasteiger partial charge < -0.3 is 18.9 Å². The fourth-order valence-corrected chi connectivity index (χ4v) is 4.52. The zero-order valence-corrected chi connectivity index (χ0v) is 21.6. The van der Waals surface area contributed by atoms with Crippen molar-refractivity contribution < 1.29 is 9.47 Å². The quantitative estimate of drug-likeness (QED) is 0.258. The summed E-state index contributed by atoms with van der Waals surface area (Å²) >= 11 is 0. The summed E-state index contributed by atoms with van der Waals surface area (Å²) in [5, 5.41) is 10.7. The highest BCUT2D eigenvalue weighted by atomic mass is 28.3. The Morgan fingerprint density at radius 1 is 1.12 bits per heavy atom. The van der Waals surface area contributed by atoms with Gasteiger partial charge in [0.05, 0.1) is 5.56 Å². The predicted molar refractivity (Wildman–Crippen MR) is 137 cm³/mol. The van der Waals surface area contributed by atoms with E-state index in [0.717, 1.165) is 60.2 Å². The molecular formula is C26H36N4O2Si. The van der Waals surface area contributed by atoms with Crippen LogP contribution in [-0.2, 0) is 11.5 Å². The number of rotatable bonds is 12. The topological polar surface area (TPSA) is 63.3 Å². The van der Waals surface area contributed by atoms with Crippen molar-refractivity contribution in [2.24, 2.45) is 0 Å². The molecule has 6 nitrogen and oxygen atoms in total. The van der Waals surface area contributed by atoms with E-state index in [1.54, 1.807) is 6.20 Å². The second-order valence-electron chi connectivity index (χ2n) is 9.43. The molecule has 0 radical (unpaired) electrons. The van der Waals surface area contributed by atoms with Gasteiger partial charge in [-0.15, -0.1) is 0 Å². The highest BCUT2D eigenvalue weighted by molar-refractivity contribution is 6.76. The number of aromatic nitrogens is 2. The van der Waals surface area contributed by atoms with Crippen molar-refractivity contribution in [3.63, 3.8) is 0 Å². The van der Waals surface area contributed by atoms with E-state index in [1.165, 1.54) is 0 Å². The van der Waals surface area contributed by atoms with Crippen LogP contribution in [0.1, 0.15) is 19.4 Å². The molecule has 0 aliphatic heterocycles. The Balaban J connectivity index is 1.82. The standard InChI is InChI=1S/C26H36N4O2Si/c1-6-29(7-2)13-14-32-23-10-8-9-21(17-23)24-11-12-28-26-25(24)22(18-27)19-30(26)20-31-15-16-33(3,4)5/h8-12,17,19H,6-7,13-16,20H2,1-5H3. The summed E-state index contributed by atoms with van der Waals surface area (Å²) in [6.45, 7) is 16.0. The molecule has 0 N–H and O–H groups in total. The Morgan fingerprint density at radius 3 is 2.61 bits per heavy atom. The zero-order valence-electron chi connectivity index (χ0n) is 20.6. The van der Waals surface area contributed by atoms with E-state index < -0.39 is 8.07 Å². The van der Waals surface area contributed by atoms with Crippen molar-refractivity contribution in [2.45, 2.75) is 46.3 Å². The van der Waals surface area contributed by atoms with E-state index in [-0.39, 0.29) is 0 Å². The number of ether oxygens (including phenoxy) is 2. The fourth-order valence-electron chi connectivity index (χ4n) is 3.77. The molecule has 0 spiro atoms. The Labute approximate surface area is 198 Å². The van der Waals surface area contributed by atoms with Gasteiger partial charge in [-0.3, -0.25) is 0 Å². The molecule has 0 fully saturated rings. The first kappa shape index (κ1) is 25.0. The largest absolute Gasteiger partial charge is 0.492 e. The van der Waals surface area contributed by atoms with Crippen LogP contribution in [0.5, 0.6) is 5.75 Å². The minimum absolute atomic E-state index is 0.396. The second-order valence-corrected chi connectivity index (χ2v) is 15.1. The molecule has 0 aliphatic rings. The van der Waals surface area contributed by atoms with Crippen molar-refractivity contribution >= 4 is 19.1 Å². The van der Waals surface area contributed by atoms with Gasteiger partial charge in [0.2, 0.25) is 0 Å². The van der Waals surface area contributed by atoms with E-state index in [0.29, 0.717) is 18.9 Å². The summed E-state index contributed by atoms with van der Waals surface area (Å²) in [6, 6.07) is 13.5.